The Morgan fingerprint density at radius 1 is 1.11 bits per heavy atom. The van der Waals surface area contributed by atoms with E-state index in [1.807, 2.05) is 24.3 Å². The van der Waals surface area contributed by atoms with Crippen molar-refractivity contribution < 1.29 is 20.1 Å². The molecule has 10 heteroatoms. The topological polar surface area (TPSA) is 152 Å². The van der Waals surface area contributed by atoms with Crippen molar-refractivity contribution >= 4 is 22.7 Å². The number of imidazole rings is 1. The van der Waals surface area contributed by atoms with Crippen molar-refractivity contribution in [2.24, 2.45) is 0 Å². The van der Waals surface area contributed by atoms with E-state index in [0.29, 0.717) is 29.2 Å². The molecule has 0 bridgehead atoms. The fourth-order valence-corrected chi connectivity index (χ4v) is 3.10. The number of hydrogen-bond acceptors (Lipinski definition) is 9. The van der Waals surface area contributed by atoms with Gasteiger partial charge < -0.3 is 31.1 Å². The van der Waals surface area contributed by atoms with E-state index in [-0.39, 0.29) is 0 Å². The number of rotatable bonds is 5. The van der Waals surface area contributed by atoms with Crippen LogP contribution in [0.3, 0.4) is 0 Å². The lowest BCUT2D eigenvalue weighted by Crippen LogP contribution is -2.33. The van der Waals surface area contributed by atoms with Crippen molar-refractivity contribution in [3.8, 4) is 0 Å². The third kappa shape index (κ3) is 3.19. The molecule has 1 unspecified atom stereocenters. The summed E-state index contributed by atoms with van der Waals surface area (Å²) in [7, 11) is 0. The zero-order valence-electron chi connectivity index (χ0n) is 14.3. The zero-order chi connectivity index (χ0) is 19.0. The number of anilines is 2. The first-order valence-corrected chi connectivity index (χ1v) is 8.46. The van der Waals surface area contributed by atoms with Crippen LogP contribution in [-0.4, -0.2) is 59.8 Å². The monoisotopic (exact) mass is 372 g/mol. The number of aliphatic hydroxyl groups excluding tert-OH is 3. The second-order valence-electron chi connectivity index (χ2n) is 6.37. The van der Waals surface area contributed by atoms with Crippen LogP contribution in [0.1, 0.15) is 11.8 Å². The lowest BCUT2D eigenvalue weighted by Gasteiger charge is -2.16. The van der Waals surface area contributed by atoms with Gasteiger partial charge in [-0.05, 0) is 17.7 Å². The summed E-state index contributed by atoms with van der Waals surface area (Å²) in [4.78, 5) is 12.8. The van der Waals surface area contributed by atoms with Gasteiger partial charge in [0.05, 0.1) is 12.9 Å². The summed E-state index contributed by atoms with van der Waals surface area (Å²) in [6.07, 6.45) is -1.32. The summed E-state index contributed by atoms with van der Waals surface area (Å²) < 4.78 is 7.07. The van der Waals surface area contributed by atoms with Crippen molar-refractivity contribution in [3.63, 3.8) is 0 Å². The van der Waals surface area contributed by atoms with Crippen LogP contribution in [0.25, 0.3) is 11.2 Å². The van der Waals surface area contributed by atoms with Gasteiger partial charge in [-0.1, -0.05) is 12.1 Å². The number of aromatic nitrogens is 4. The zero-order valence-corrected chi connectivity index (χ0v) is 14.3. The molecule has 142 valence electrons. The molecule has 4 rings (SSSR count). The summed E-state index contributed by atoms with van der Waals surface area (Å²) in [5.74, 6) is 0.530. The number of aliphatic hydroxyl groups is 3. The van der Waals surface area contributed by atoms with Crippen LogP contribution in [0.2, 0.25) is 0 Å². The highest BCUT2D eigenvalue weighted by Crippen LogP contribution is 2.32. The molecule has 4 atom stereocenters. The highest BCUT2D eigenvalue weighted by atomic mass is 16.6. The minimum atomic E-state index is -1.21. The fraction of sp³-hybridized carbons (Fsp3) is 0.353. The summed E-state index contributed by atoms with van der Waals surface area (Å²) in [6.45, 7) is 0.123. The van der Waals surface area contributed by atoms with Crippen LogP contribution in [0.4, 0.5) is 11.5 Å². The van der Waals surface area contributed by atoms with Crippen LogP contribution >= 0.6 is 0 Å². The molecule has 3 aromatic rings. The quantitative estimate of drug-likeness (QED) is 0.378. The molecule has 27 heavy (non-hydrogen) atoms. The Kier molecular flexibility index (Phi) is 4.62. The molecule has 1 aromatic carbocycles. The van der Waals surface area contributed by atoms with Crippen molar-refractivity contribution in [1.82, 2.24) is 19.5 Å². The van der Waals surface area contributed by atoms with Crippen molar-refractivity contribution in [1.29, 1.82) is 0 Å². The van der Waals surface area contributed by atoms with E-state index in [9.17, 15) is 15.3 Å². The average molecular weight is 372 g/mol. The second kappa shape index (κ2) is 7.08. The average Bonchev–Trinajstić information content (AvgIpc) is 3.23. The van der Waals surface area contributed by atoms with Crippen LogP contribution in [0.5, 0.6) is 0 Å². The molecule has 10 nitrogen and oxygen atoms in total. The maximum atomic E-state index is 10.2. The Bertz CT molecular complexity index is 931. The molecule has 1 fully saturated rings. The fourth-order valence-electron chi connectivity index (χ4n) is 3.10. The molecule has 0 aliphatic carbocycles. The van der Waals surface area contributed by atoms with E-state index >= 15 is 0 Å². The number of nitrogen functional groups attached to an aromatic ring is 1. The number of nitrogens with zero attached hydrogens (tertiary/aromatic N) is 4. The molecule has 6 N–H and O–H groups in total. The second-order valence-corrected chi connectivity index (χ2v) is 6.37. The van der Waals surface area contributed by atoms with Crippen molar-refractivity contribution in [3.05, 3.63) is 42.5 Å². The van der Waals surface area contributed by atoms with Gasteiger partial charge in [0.25, 0.3) is 0 Å². The van der Waals surface area contributed by atoms with E-state index in [1.165, 1.54) is 17.2 Å². The Morgan fingerprint density at radius 2 is 1.89 bits per heavy atom. The SMILES string of the molecule is Nc1ccc(CNc2ncnc3c2ncn3[C@@H]2O[C@H](CO)[C@H](O)C2O)cc1. The number of hydrogen-bond donors (Lipinski definition) is 5. The molecule has 1 aliphatic rings. The van der Waals surface area contributed by atoms with Gasteiger partial charge in [-0.25, -0.2) is 15.0 Å². The standard InChI is InChI=1S/C17H20N6O4/c18-10-3-1-9(2-4-10)5-19-15-12-16(21-7-20-15)23(8-22-12)17-14(26)13(25)11(6-24)27-17/h1-4,7-8,11,13-14,17,24-26H,5-6,18H2,(H,19,20,21)/t11-,13+,14?,17-/m1/s1. The molecule has 0 spiro atoms. The van der Waals surface area contributed by atoms with Crippen LogP contribution in [0.15, 0.2) is 36.9 Å². The predicted molar refractivity (Wildman–Crippen MR) is 96.5 cm³/mol. The number of ether oxygens (including phenoxy) is 1. The molecule has 3 heterocycles. The first-order chi connectivity index (χ1) is 13.1. The van der Waals surface area contributed by atoms with Crippen molar-refractivity contribution in [2.75, 3.05) is 17.7 Å². The summed E-state index contributed by atoms with van der Waals surface area (Å²) in [5.41, 5.74) is 8.36. The van der Waals surface area contributed by atoms with Gasteiger partial charge in [-0.15, -0.1) is 0 Å². The lowest BCUT2D eigenvalue weighted by molar-refractivity contribution is -0.0511. The predicted octanol–water partition coefficient (Wildman–Crippen LogP) is -0.368. The minimum Gasteiger partial charge on any atom is -0.399 e. The van der Waals surface area contributed by atoms with Crippen molar-refractivity contribution in [2.45, 2.75) is 31.1 Å². The summed E-state index contributed by atoms with van der Waals surface area (Å²) >= 11 is 0. The van der Waals surface area contributed by atoms with Crippen LogP contribution in [-0.2, 0) is 11.3 Å². The maximum Gasteiger partial charge on any atom is 0.167 e. The van der Waals surface area contributed by atoms with E-state index in [0.717, 1.165) is 5.56 Å². The number of benzene rings is 1. The van der Waals surface area contributed by atoms with Gasteiger partial charge in [0, 0.05) is 12.2 Å². The van der Waals surface area contributed by atoms with Gasteiger partial charge in [-0.2, -0.15) is 0 Å². The summed E-state index contributed by atoms with van der Waals surface area (Å²) in [6, 6.07) is 7.48. The van der Waals surface area contributed by atoms with E-state index < -0.39 is 31.1 Å². The van der Waals surface area contributed by atoms with Gasteiger partial charge >= 0.3 is 0 Å². The highest BCUT2D eigenvalue weighted by Gasteiger charge is 2.44. The van der Waals surface area contributed by atoms with E-state index in [4.69, 9.17) is 10.5 Å². The van der Waals surface area contributed by atoms with Gasteiger partial charge in [0.15, 0.2) is 23.2 Å². The maximum absolute atomic E-state index is 10.2. The Morgan fingerprint density at radius 3 is 2.59 bits per heavy atom. The lowest BCUT2D eigenvalue weighted by atomic mass is 10.1. The molecule has 0 amide bonds. The first kappa shape index (κ1) is 17.6. The first-order valence-electron chi connectivity index (χ1n) is 8.46. The molecule has 0 radical (unpaired) electrons. The van der Waals surface area contributed by atoms with Crippen LogP contribution in [0, 0.1) is 0 Å². The Labute approximate surface area is 154 Å². The molecular formula is C17H20N6O4. The number of nitrogens with two attached hydrogens (primary N) is 1. The van der Waals surface area contributed by atoms with E-state index in [1.54, 1.807) is 0 Å². The van der Waals surface area contributed by atoms with Gasteiger partial charge in [0.2, 0.25) is 0 Å². The minimum absolute atomic E-state index is 0.398. The third-order valence-electron chi connectivity index (χ3n) is 4.59. The Balaban J connectivity index is 1.59. The third-order valence-corrected chi connectivity index (χ3v) is 4.59. The molecule has 2 aromatic heterocycles. The highest BCUT2D eigenvalue weighted by molar-refractivity contribution is 5.82. The largest absolute Gasteiger partial charge is 0.399 e. The number of fused-ring (bicyclic) bond motifs is 1. The Hall–Kier alpha value is -2.79. The van der Waals surface area contributed by atoms with Gasteiger partial charge in [0.1, 0.15) is 24.6 Å². The smallest absolute Gasteiger partial charge is 0.167 e. The van der Waals surface area contributed by atoms with E-state index in [2.05, 4.69) is 20.3 Å². The molecular weight excluding hydrogens is 352 g/mol. The summed E-state index contributed by atoms with van der Waals surface area (Å²) in [5, 5.41) is 32.7. The molecule has 0 saturated carbocycles. The normalized spacial score (nSPS) is 25.1. The molecule has 1 saturated heterocycles. The van der Waals surface area contributed by atoms with Crippen LogP contribution < -0.4 is 11.1 Å². The molecule has 1 aliphatic heterocycles. The number of nitrogens with one attached hydrogen (secondary N) is 1. The van der Waals surface area contributed by atoms with Gasteiger partial charge in [-0.3, -0.25) is 4.57 Å².